The molecular weight excluding hydrogens is 360 g/mol. The van der Waals surface area contributed by atoms with Gasteiger partial charge in [0, 0.05) is 18.7 Å². The van der Waals surface area contributed by atoms with E-state index in [2.05, 4.69) is 0 Å². The Bertz CT molecular complexity index is 864. The molecule has 0 bridgehead atoms. The minimum absolute atomic E-state index is 0.0447. The Labute approximate surface area is 164 Å². The van der Waals surface area contributed by atoms with Crippen LogP contribution in [-0.2, 0) is 11.2 Å². The molecule has 2 aromatic carbocycles. The first-order valence-corrected chi connectivity index (χ1v) is 9.06. The molecule has 1 heterocycles. The van der Waals surface area contributed by atoms with Crippen LogP contribution in [0.15, 0.2) is 36.4 Å². The molecule has 1 aliphatic rings. The van der Waals surface area contributed by atoms with Crippen LogP contribution in [0, 0.1) is 0 Å². The first kappa shape index (κ1) is 20.0. The van der Waals surface area contributed by atoms with Crippen LogP contribution in [0.1, 0.15) is 36.6 Å². The Hall–Kier alpha value is -2.70. The highest BCUT2D eigenvalue weighted by atomic mass is 16.6. The first-order valence-electron chi connectivity index (χ1n) is 9.06. The van der Waals surface area contributed by atoms with Gasteiger partial charge in [-0.1, -0.05) is 24.3 Å². The second-order valence-corrected chi connectivity index (χ2v) is 7.36. The van der Waals surface area contributed by atoms with Crippen LogP contribution < -0.4 is 9.47 Å². The average molecular weight is 386 g/mol. The molecule has 0 fully saturated rings. The maximum absolute atomic E-state index is 11.0. The second-order valence-electron chi connectivity index (χ2n) is 7.36. The molecule has 6 nitrogen and oxygen atoms in total. The highest BCUT2D eigenvalue weighted by Gasteiger charge is 2.46. The molecule has 28 heavy (non-hydrogen) atoms. The molecule has 6 heteroatoms. The van der Waals surface area contributed by atoms with Crippen molar-refractivity contribution in [3.63, 3.8) is 0 Å². The van der Waals surface area contributed by atoms with E-state index in [1.807, 2.05) is 12.2 Å². The zero-order valence-electron chi connectivity index (χ0n) is 16.5. The van der Waals surface area contributed by atoms with Crippen LogP contribution in [0.5, 0.6) is 23.0 Å². The summed E-state index contributed by atoms with van der Waals surface area (Å²) in [6.07, 6.45) is 2.98. The van der Waals surface area contributed by atoms with E-state index < -0.39 is 17.8 Å². The molecule has 3 N–H and O–H groups in total. The number of methoxy groups -OCH3 is 2. The van der Waals surface area contributed by atoms with Crippen LogP contribution in [0.2, 0.25) is 0 Å². The van der Waals surface area contributed by atoms with Gasteiger partial charge in [-0.05, 0) is 38.0 Å². The van der Waals surface area contributed by atoms with Crippen molar-refractivity contribution >= 4 is 6.08 Å². The minimum atomic E-state index is -1.15. The van der Waals surface area contributed by atoms with Gasteiger partial charge in [0.25, 0.3) is 0 Å². The third kappa shape index (κ3) is 3.79. The number of rotatable bonds is 6. The summed E-state index contributed by atoms with van der Waals surface area (Å²) in [4.78, 5) is 0. The lowest BCUT2D eigenvalue weighted by molar-refractivity contribution is -0.0885. The summed E-state index contributed by atoms with van der Waals surface area (Å²) in [7, 11) is 3.06. The van der Waals surface area contributed by atoms with Crippen molar-refractivity contribution in [3.05, 3.63) is 53.1 Å². The van der Waals surface area contributed by atoms with Crippen molar-refractivity contribution in [3.8, 4) is 23.0 Å². The summed E-state index contributed by atoms with van der Waals surface area (Å²) in [5.74, 6) is 1.20. The van der Waals surface area contributed by atoms with E-state index in [-0.39, 0.29) is 11.5 Å². The van der Waals surface area contributed by atoms with Gasteiger partial charge in [0.05, 0.1) is 18.3 Å². The van der Waals surface area contributed by atoms with Crippen molar-refractivity contribution in [2.45, 2.75) is 38.1 Å². The average Bonchev–Trinajstić information content (AvgIpc) is 3.04. The molecular formula is C22H26O6. The molecule has 0 saturated carbocycles. The van der Waals surface area contributed by atoms with Gasteiger partial charge >= 0.3 is 0 Å². The van der Waals surface area contributed by atoms with Crippen molar-refractivity contribution < 1.29 is 29.5 Å². The van der Waals surface area contributed by atoms with Crippen molar-refractivity contribution in [1.82, 2.24) is 0 Å². The predicted octanol–water partition coefficient (Wildman–Crippen LogP) is 3.58. The third-order valence-electron chi connectivity index (χ3n) is 4.87. The van der Waals surface area contributed by atoms with Gasteiger partial charge in [0.15, 0.2) is 6.10 Å². The Balaban J connectivity index is 1.94. The molecule has 150 valence electrons. The van der Waals surface area contributed by atoms with Gasteiger partial charge in [-0.15, -0.1) is 0 Å². The number of aromatic hydroxyl groups is 2. The largest absolute Gasteiger partial charge is 0.508 e. The summed E-state index contributed by atoms with van der Waals surface area (Å²) in [5.41, 5.74) is 0.901. The summed E-state index contributed by atoms with van der Waals surface area (Å²) < 4.78 is 16.9. The number of ether oxygens (including phenoxy) is 3. The molecule has 0 aromatic heterocycles. The van der Waals surface area contributed by atoms with E-state index in [0.717, 1.165) is 5.56 Å². The molecule has 2 atom stereocenters. The summed E-state index contributed by atoms with van der Waals surface area (Å²) in [6.45, 7) is 3.29. The van der Waals surface area contributed by atoms with E-state index in [1.54, 1.807) is 44.2 Å². The van der Waals surface area contributed by atoms with Crippen LogP contribution in [-0.4, -0.2) is 41.2 Å². The van der Waals surface area contributed by atoms with Crippen LogP contribution in [0.25, 0.3) is 6.08 Å². The number of allylic oxidation sites excluding steroid dienone is 1. The Morgan fingerprint density at radius 2 is 1.82 bits per heavy atom. The van der Waals surface area contributed by atoms with E-state index in [0.29, 0.717) is 29.0 Å². The first-order chi connectivity index (χ1) is 13.3. The van der Waals surface area contributed by atoms with E-state index in [1.165, 1.54) is 14.2 Å². The van der Waals surface area contributed by atoms with Gasteiger partial charge in [-0.2, -0.15) is 0 Å². The number of fused-ring (bicyclic) bond motifs is 1. The van der Waals surface area contributed by atoms with Gasteiger partial charge in [0.1, 0.15) is 29.1 Å². The fourth-order valence-corrected chi connectivity index (χ4v) is 3.44. The van der Waals surface area contributed by atoms with E-state index in [9.17, 15) is 15.3 Å². The van der Waals surface area contributed by atoms with Gasteiger partial charge in [-0.25, -0.2) is 0 Å². The monoisotopic (exact) mass is 386 g/mol. The molecule has 0 radical (unpaired) electrons. The molecule has 0 unspecified atom stereocenters. The van der Waals surface area contributed by atoms with Crippen molar-refractivity contribution in [2.75, 3.05) is 14.2 Å². The van der Waals surface area contributed by atoms with Crippen molar-refractivity contribution in [1.29, 1.82) is 0 Å². The molecule has 0 saturated heterocycles. The standard InChI is InChI=1S/C22H26O6/c1-22(2,25)21-20(27-4)18-17(28-21)12-16(26-3)15(19(18)24)7-5-6-13-8-10-14(23)11-9-13/h5-6,8-12,20-21,23-25H,7H2,1-4H3/b6-5+/t20-,21-/m0/s1. The zero-order chi connectivity index (χ0) is 20.5. The lowest BCUT2D eigenvalue weighted by Gasteiger charge is -2.29. The normalized spacial score (nSPS) is 18.9. The Morgan fingerprint density at radius 3 is 2.39 bits per heavy atom. The number of phenolic OH excluding ortho intramolecular Hbond substituents is 2. The number of hydrogen-bond donors (Lipinski definition) is 3. The third-order valence-corrected chi connectivity index (χ3v) is 4.87. The van der Waals surface area contributed by atoms with Crippen LogP contribution in [0.4, 0.5) is 0 Å². The quantitative estimate of drug-likeness (QED) is 0.703. The number of aliphatic hydroxyl groups is 1. The van der Waals surface area contributed by atoms with Gasteiger partial charge in [-0.3, -0.25) is 0 Å². The van der Waals surface area contributed by atoms with E-state index >= 15 is 0 Å². The Morgan fingerprint density at radius 1 is 1.14 bits per heavy atom. The van der Waals surface area contributed by atoms with Crippen LogP contribution >= 0.6 is 0 Å². The molecule has 1 aliphatic heterocycles. The van der Waals surface area contributed by atoms with Crippen molar-refractivity contribution in [2.24, 2.45) is 0 Å². The Kier molecular flexibility index (Phi) is 5.54. The smallest absolute Gasteiger partial charge is 0.157 e. The molecule has 0 aliphatic carbocycles. The van der Waals surface area contributed by atoms with Crippen LogP contribution in [0.3, 0.4) is 0 Å². The summed E-state index contributed by atoms with van der Waals surface area (Å²) >= 11 is 0. The molecule has 0 spiro atoms. The maximum atomic E-state index is 11.0. The molecule has 3 rings (SSSR count). The lowest BCUT2D eigenvalue weighted by Crippen LogP contribution is -2.42. The van der Waals surface area contributed by atoms with E-state index in [4.69, 9.17) is 14.2 Å². The predicted molar refractivity (Wildman–Crippen MR) is 106 cm³/mol. The maximum Gasteiger partial charge on any atom is 0.157 e. The SMILES string of the molecule is COc1cc2c(c(O)c1C/C=C/c1ccc(O)cc1)[C@H](OC)[C@@H](C(C)(C)O)O2. The zero-order valence-corrected chi connectivity index (χ0v) is 16.5. The van der Waals surface area contributed by atoms with Gasteiger partial charge in [0.2, 0.25) is 0 Å². The van der Waals surface area contributed by atoms with Gasteiger partial charge < -0.3 is 29.5 Å². The molecule has 2 aromatic rings. The fourth-order valence-electron chi connectivity index (χ4n) is 3.44. The minimum Gasteiger partial charge on any atom is -0.508 e. The highest BCUT2D eigenvalue weighted by Crippen LogP contribution is 2.51. The topological polar surface area (TPSA) is 88.4 Å². The second kappa shape index (κ2) is 7.73. The fraction of sp³-hybridized carbons (Fsp3) is 0.364. The highest BCUT2D eigenvalue weighted by molar-refractivity contribution is 5.61. The number of hydrogen-bond acceptors (Lipinski definition) is 6. The lowest BCUT2D eigenvalue weighted by atomic mass is 9.92. The molecule has 0 amide bonds. The summed E-state index contributed by atoms with van der Waals surface area (Å²) in [5, 5.41) is 30.7. The summed E-state index contributed by atoms with van der Waals surface area (Å²) in [6, 6.07) is 8.55. The number of benzene rings is 2. The number of phenols is 2.